The van der Waals surface area contributed by atoms with Gasteiger partial charge >= 0.3 is 0 Å². The van der Waals surface area contributed by atoms with Crippen molar-refractivity contribution in [1.82, 2.24) is 19.6 Å². The SMILES string of the molecule is CCCN(Cc1c(C)nn(-c2ccccc2)c1N1CCN(C)CC1)C(=O)COC. The fraction of sp³-hybridized carbons (Fsp3) is 0.545. The second-order valence-electron chi connectivity index (χ2n) is 7.67. The van der Waals surface area contributed by atoms with Crippen molar-refractivity contribution in [2.24, 2.45) is 0 Å². The standard InChI is InChI=1S/C22H33N5O2/c1-5-11-26(21(28)17-29-4)16-20-18(2)23-27(19-9-7-6-8-10-19)22(20)25-14-12-24(3)13-15-25/h6-10H,5,11-17H2,1-4H3. The number of piperazine rings is 1. The predicted molar refractivity (Wildman–Crippen MR) is 116 cm³/mol. The number of benzene rings is 1. The molecule has 1 aromatic heterocycles. The zero-order valence-electron chi connectivity index (χ0n) is 18.1. The van der Waals surface area contributed by atoms with Gasteiger partial charge in [0.05, 0.1) is 17.9 Å². The Labute approximate surface area is 173 Å². The summed E-state index contributed by atoms with van der Waals surface area (Å²) in [4.78, 5) is 19.3. The van der Waals surface area contributed by atoms with Gasteiger partial charge in [0.2, 0.25) is 5.91 Å². The van der Waals surface area contributed by atoms with Crippen LogP contribution in [0.5, 0.6) is 0 Å². The van der Waals surface area contributed by atoms with E-state index in [0.29, 0.717) is 13.1 Å². The van der Waals surface area contributed by atoms with Crippen LogP contribution in [-0.4, -0.2) is 79.0 Å². The summed E-state index contributed by atoms with van der Waals surface area (Å²) < 4.78 is 7.15. The van der Waals surface area contributed by atoms with Gasteiger partial charge < -0.3 is 19.4 Å². The number of ether oxygens (including phenoxy) is 1. The lowest BCUT2D eigenvalue weighted by molar-refractivity contribution is -0.135. The molecule has 1 aliphatic heterocycles. The van der Waals surface area contributed by atoms with Gasteiger partial charge in [0.1, 0.15) is 12.4 Å². The first kappa shape index (κ1) is 21.3. The molecule has 3 rings (SSSR count). The molecule has 0 atom stereocenters. The number of anilines is 1. The molecule has 1 fully saturated rings. The third-order valence-corrected chi connectivity index (χ3v) is 5.42. The molecule has 0 bridgehead atoms. The Morgan fingerprint density at radius 3 is 2.48 bits per heavy atom. The lowest BCUT2D eigenvalue weighted by Crippen LogP contribution is -2.45. The molecule has 0 saturated carbocycles. The quantitative estimate of drug-likeness (QED) is 0.682. The van der Waals surface area contributed by atoms with Crippen molar-refractivity contribution in [1.29, 1.82) is 0 Å². The summed E-state index contributed by atoms with van der Waals surface area (Å²) in [6, 6.07) is 10.2. The van der Waals surface area contributed by atoms with E-state index in [1.54, 1.807) is 7.11 Å². The fourth-order valence-corrected chi connectivity index (χ4v) is 3.79. The zero-order chi connectivity index (χ0) is 20.8. The Hall–Kier alpha value is -2.38. The molecule has 7 heteroatoms. The second-order valence-corrected chi connectivity index (χ2v) is 7.67. The number of methoxy groups -OCH3 is 1. The number of aryl methyl sites for hydroxylation is 1. The number of para-hydroxylation sites is 1. The van der Waals surface area contributed by atoms with Crippen LogP contribution in [0.15, 0.2) is 30.3 Å². The molecule has 1 aliphatic rings. The normalized spacial score (nSPS) is 15.0. The highest BCUT2D eigenvalue weighted by molar-refractivity contribution is 5.77. The molecule has 2 aromatic rings. The Balaban J connectivity index is 2.01. The fourth-order valence-electron chi connectivity index (χ4n) is 3.79. The van der Waals surface area contributed by atoms with E-state index in [9.17, 15) is 4.79 Å². The topological polar surface area (TPSA) is 53.8 Å². The van der Waals surface area contributed by atoms with Crippen LogP contribution in [0.3, 0.4) is 0 Å². The average molecular weight is 400 g/mol. The number of amides is 1. The maximum Gasteiger partial charge on any atom is 0.248 e. The van der Waals surface area contributed by atoms with E-state index in [4.69, 9.17) is 9.84 Å². The Morgan fingerprint density at radius 1 is 1.17 bits per heavy atom. The summed E-state index contributed by atoms with van der Waals surface area (Å²) in [5, 5.41) is 4.89. The molecule has 7 nitrogen and oxygen atoms in total. The van der Waals surface area contributed by atoms with Crippen molar-refractivity contribution < 1.29 is 9.53 Å². The van der Waals surface area contributed by atoms with Gasteiger partial charge in [0.25, 0.3) is 0 Å². The highest BCUT2D eigenvalue weighted by atomic mass is 16.5. The number of carbonyl (C=O) groups excluding carboxylic acids is 1. The highest BCUT2D eigenvalue weighted by Crippen LogP contribution is 2.29. The van der Waals surface area contributed by atoms with E-state index in [1.165, 1.54) is 0 Å². The molecule has 29 heavy (non-hydrogen) atoms. The van der Waals surface area contributed by atoms with Crippen LogP contribution >= 0.6 is 0 Å². The Morgan fingerprint density at radius 2 is 1.86 bits per heavy atom. The van der Waals surface area contributed by atoms with Gasteiger partial charge in [-0.05, 0) is 32.5 Å². The van der Waals surface area contributed by atoms with Crippen LogP contribution in [0.1, 0.15) is 24.6 Å². The Bertz CT molecular complexity index is 797. The summed E-state index contributed by atoms with van der Waals surface area (Å²) >= 11 is 0. The zero-order valence-corrected chi connectivity index (χ0v) is 18.1. The van der Waals surface area contributed by atoms with Crippen molar-refractivity contribution in [2.45, 2.75) is 26.8 Å². The third-order valence-electron chi connectivity index (χ3n) is 5.42. The number of hydrogen-bond acceptors (Lipinski definition) is 5. The number of carbonyl (C=O) groups is 1. The van der Waals surface area contributed by atoms with Crippen molar-refractivity contribution in [3.8, 4) is 5.69 Å². The summed E-state index contributed by atoms with van der Waals surface area (Å²) in [7, 11) is 3.72. The van der Waals surface area contributed by atoms with Crippen LogP contribution in [0.25, 0.3) is 5.69 Å². The van der Waals surface area contributed by atoms with Gasteiger partial charge in [0.15, 0.2) is 0 Å². The average Bonchev–Trinajstić information content (AvgIpc) is 3.05. The molecule has 0 radical (unpaired) electrons. The smallest absolute Gasteiger partial charge is 0.248 e. The number of likely N-dealkylation sites (N-methyl/N-ethyl adjacent to an activating group) is 1. The summed E-state index contributed by atoms with van der Waals surface area (Å²) in [6.07, 6.45) is 0.908. The van der Waals surface area contributed by atoms with Crippen LogP contribution in [-0.2, 0) is 16.1 Å². The van der Waals surface area contributed by atoms with Gasteiger partial charge in [-0.15, -0.1) is 0 Å². The van der Waals surface area contributed by atoms with Crippen LogP contribution < -0.4 is 4.90 Å². The van der Waals surface area contributed by atoms with Crippen molar-refractivity contribution in [2.75, 3.05) is 58.4 Å². The maximum atomic E-state index is 12.6. The number of nitrogens with zero attached hydrogens (tertiary/aromatic N) is 5. The van der Waals surface area contributed by atoms with E-state index in [1.807, 2.05) is 34.7 Å². The lowest BCUT2D eigenvalue weighted by Gasteiger charge is -2.35. The first-order chi connectivity index (χ1) is 14.0. The van der Waals surface area contributed by atoms with E-state index in [-0.39, 0.29) is 12.5 Å². The summed E-state index contributed by atoms with van der Waals surface area (Å²) in [5.74, 6) is 1.12. The Kier molecular flexibility index (Phi) is 7.28. The molecular weight excluding hydrogens is 366 g/mol. The minimum Gasteiger partial charge on any atom is -0.375 e. The third kappa shape index (κ3) is 4.97. The first-order valence-electron chi connectivity index (χ1n) is 10.4. The number of aromatic nitrogens is 2. The predicted octanol–water partition coefficient (Wildman–Crippen LogP) is 2.32. The van der Waals surface area contributed by atoms with Gasteiger partial charge in [-0.2, -0.15) is 5.10 Å². The molecule has 2 heterocycles. The first-order valence-corrected chi connectivity index (χ1v) is 10.4. The van der Waals surface area contributed by atoms with Gasteiger partial charge in [-0.25, -0.2) is 4.68 Å². The molecule has 0 N–H and O–H groups in total. The van der Waals surface area contributed by atoms with E-state index >= 15 is 0 Å². The molecule has 0 spiro atoms. The maximum absolute atomic E-state index is 12.6. The van der Waals surface area contributed by atoms with Gasteiger partial charge in [-0.1, -0.05) is 25.1 Å². The molecule has 0 aliphatic carbocycles. The second kappa shape index (κ2) is 9.89. The van der Waals surface area contributed by atoms with E-state index in [0.717, 1.165) is 55.4 Å². The highest BCUT2D eigenvalue weighted by Gasteiger charge is 2.26. The molecule has 1 aromatic carbocycles. The largest absolute Gasteiger partial charge is 0.375 e. The minimum absolute atomic E-state index is 0.0190. The van der Waals surface area contributed by atoms with Gasteiger partial charge in [0, 0.05) is 45.4 Å². The monoisotopic (exact) mass is 399 g/mol. The van der Waals surface area contributed by atoms with Crippen molar-refractivity contribution in [3.63, 3.8) is 0 Å². The summed E-state index contributed by atoms with van der Waals surface area (Å²) in [6.45, 7) is 9.42. The van der Waals surface area contributed by atoms with E-state index in [2.05, 4.69) is 35.9 Å². The molecule has 1 saturated heterocycles. The van der Waals surface area contributed by atoms with E-state index < -0.39 is 0 Å². The van der Waals surface area contributed by atoms with Crippen LogP contribution in [0.4, 0.5) is 5.82 Å². The number of hydrogen-bond donors (Lipinski definition) is 0. The van der Waals surface area contributed by atoms with Crippen molar-refractivity contribution >= 4 is 11.7 Å². The number of rotatable bonds is 8. The molecule has 158 valence electrons. The van der Waals surface area contributed by atoms with Crippen LogP contribution in [0, 0.1) is 6.92 Å². The van der Waals surface area contributed by atoms with Crippen LogP contribution in [0.2, 0.25) is 0 Å². The lowest BCUT2D eigenvalue weighted by atomic mass is 10.2. The molecule has 1 amide bonds. The minimum atomic E-state index is 0.0190. The molecular formula is C22H33N5O2. The summed E-state index contributed by atoms with van der Waals surface area (Å²) in [5.41, 5.74) is 3.13. The molecule has 0 unspecified atom stereocenters. The van der Waals surface area contributed by atoms with Crippen molar-refractivity contribution in [3.05, 3.63) is 41.6 Å². The van der Waals surface area contributed by atoms with Gasteiger partial charge in [-0.3, -0.25) is 4.79 Å².